The van der Waals surface area contributed by atoms with Crippen LogP contribution >= 0.6 is 0 Å². The highest BCUT2D eigenvalue weighted by atomic mass is 19.4. The maximum Gasteiger partial charge on any atom is 0.433 e. The Balaban J connectivity index is 1.70. The number of halogens is 3. The Morgan fingerprint density at radius 2 is 1.78 bits per heavy atom. The molecule has 0 atom stereocenters. The average molecular weight is 387 g/mol. The second-order valence-corrected chi connectivity index (χ2v) is 7.00. The number of ether oxygens (including phenoxy) is 1. The third kappa shape index (κ3) is 4.60. The number of alkyl halides is 3. The predicted octanol–water partition coefficient (Wildman–Crippen LogP) is 1.64. The van der Waals surface area contributed by atoms with Gasteiger partial charge in [0.15, 0.2) is 5.69 Å². The van der Waals surface area contributed by atoms with Gasteiger partial charge in [0, 0.05) is 52.3 Å². The summed E-state index contributed by atoms with van der Waals surface area (Å²) in [5.74, 6) is 0.264. The number of hydrogen-bond donors (Lipinski definition) is 0. The van der Waals surface area contributed by atoms with Gasteiger partial charge in [-0.2, -0.15) is 18.2 Å². The highest BCUT2D eigenvalue weighted by Gasteiger charge is 2.35. The summed E-state index contributed by atoms with van der Waals surface area (Å²) >= 11 is 0. The van der Waals surface area contributed by atoms with Crippen LogP contribution in [0.2, 0.25) is 0 Å². The van der Waals surface area contributed by atoms with Gasteiger partial charge in [0.25, 0.3) is 0 Å². The Hall–Kier alpha value is -2.10. The average Bonchev–Trinajstić information content (AvgIpc) is 2.67. The van der Waals surface area contributed by atoms with Crippen molar-refractivity contribution >= 4 is 17.7 Å². The molecule has 2 fully saturated rings. The molecular formula is C17H24F3N5O2. The number of aromatic nitrogens is 2. The summed E-state index contributed by atoms with van der Waals surface area (Å²) < 4.78 is 44.8. The Morgan fingerprint density at radius 1 is 1.15 bits per heavy atom. The first-order valence-corrected chi connectivity index (χ1v) is 9.01. The van der Waals surface area contributed by atoms with Crippen molar-refractivity contribution in [3.63, 3.8) is 0 Å². The third-order valence-electron chi connectivity index (χ3n) is 4.90. The van der Waals surface area contributed by atoms with E-state index in [0.29, 0.717) is 52.2 Å². The van der Waals surface area contributed by atoms with Crippen molar-refractivity contribution in [1.82, 2.24) is 14.9 Å². The molecule has 2 aliphatic rings. The number of hydrogen-bond acceptors (Lipinski definition) is 6. The zero-order valence-corrected chi connectivity index (χ0v) is 15.5. The first-order chi connectivity index (χ1) is 12.8. The van der Waals surface area contributed by atoms with Gasteiger partial charge in [-0.3, -0.25) is 4.79 Å². The molecule has 1 aromatic rings. The molecule has 2 saturated heterocycles. The molecule has 3 rings (SSSR count). The van der Waals surface area contributed by atoms with Gasteiger partial charge in [-0.1, -0.05) is 0 Å². The normalized spacial score (nSPS) is 19.3. The predicted molar refractivity (Wildman–Crippen MR) is 93.7 cm³/mol. The summed E-state index contributed by atoms with van der Waals surface area (Å²) in [4.78, 5) is 25.6. The van der Waals surface area contributed by atoms with E-state index in [9.17, 15) is 18.0 Å². The highest BCUT2D eigenvalue weighted by molar-refractivity contribution is 5.79. The highest BCUT2D eigenvalue weighted by Crippen LogP contribution is 2.32. The van der Waals surface area contributed by atoms with Gasteiger partial charge in [-0.15, -0.1) is 0 Å². The fourth-order valence-electron chi connectivity index (χ4n) is 3.31. The summed E-state index contributed by atoms with van der Waals surface area (Å²) in [6, 6.07) is 0.943. The van der Waals surface area contributed by atoms with Crippen LogP contribution < -0.4 is 9.80 Å². The summed E-state index contributed by atoms with van der Waals surface area (Å²) in [7, 11) is 3.28. The summed E-state index contributed by atoms with van der Waals surface area (Å²) in [6.45, 7) is 3.21. The number of carbonyl (C=O) groups is 1. The Bertz CT molecular complexity index is 669. The van der Waals surface area contributed by atoms with Crippen molar-refractivity contribution in [3.05, 3.63) is 11.8 Å². The minimum atomic E-state index is -4.53. The Morgan fingerprint density at radius 3 is 2.33 bits per heavy atom. The zero-order valence-electron chi connectivity index (χ0n) is 15.5. The molecule has 0 bridgehead atoms. The van der Waals surface area contributed by atoms with Crippen molar-refractivity contribution < 1.29 is 22.7 Å². The molecule has 0 spiro atoms. The molecule has 0 radical (unpaired) electrons. The lowest BCUT2D eigenvalue weighted by Gasteiger charge is -2.35. The van der Waals surface area contributed by atoms with E-state index < -0.39 is 11.9 Å². The van der Waals surface area contributed by atoms with Crippen molar-refractivity contribution in [2.45, 2.75) is 19.0 Å². The maximum absolute atomic E-state index is 13.2. The molecule has 2 aliphatic heterocycles. The van der Waals surface area contributed by atoms with Gasteiger partial charge in [0.2, 0.25) is 11.9 Å². The molecule has 0 aromatic carbocycles. The first kappa shape index (κ1) is 19.7. The van der Waals surface area contributed by atoms with Crippen molar-refractivity contribution in [2.24, 2.45) is 5.92 Å². The molecule has 3 heterocycles. The lowest BCUT2D eigenvalue weighted by molar-refractivity contribution is -0.141. The van der Waals surface area contributed by atoms with Crippen LogP contribution in [0.1, 0.15) is 18.5 Å². The SMILES string of the molecule is CN(C)c1cc(C(F)(F)F)nc(N2CCC(C(=O)N3CCOCC3)CC2)n1. The lowest BCUT2D eigenvalue weighted by atomic mass is 9.95. The smallest absolute Gasteiger partial charge is 0.378 e. The van der Waals surface area contributed by atoms with Crippen molar-refractivity contribution in [3.8, 4) is 0 Å². The molecule has 1 amide bonds. The molecule has 150 valence electrons. The Labute approximate surface area is 156 Å². The van der Waals surface area contributed by atoms with E-state index in [0.717, 1.165) is 6.07 Å². The van der Waals surface area contributed by atoms with E-state index in [-0.39, 0.29) is 23.6 Å². The number of anilines is 2. The van der Waals surface area contributed by atoms with Crippen LogP contribution in [0.4, 0.5) is 24.9 Å². The largest absolute Gasteiger partial charge is 0.433 e. The molecule has 27 heavy (non-hydrogen) atoms. The van der Waals surface area contributed by atoms with E-state index in [1.807, 2.05) is 4.90 Å². The van der Waals surface area contributed by atoms with E-state index in [1.54, 1.807) is 19.0 Å². The van der Waals surface area contributed by atoms with Gasteiger partial charge in [-0.05, 0) is 12.8 Å². The molecule has 10 heteroatoms. The van der Waals surface area contributed by atoms with Gasteiger partial charge in [0.1, 0.15) is 5.82 Å². The van der Waals surface area contributed by atoms with E-state index in [1.165, 1.54) is 4.90 Å². The van der Waals surface area contributed by atoms with Crippen LogP contribution in [0.3, 0.4) is 0 Å². The van der Waals surface area contributed by atoms with Crippen LogP contribution in [0, 0.1) is 5.92 Å². The lowest BCUT2D eigenvalue weighted by Crippen LogP contribution is -2.47. The number of piperidine rings is 1. The summed E-state index contributed by atoms with van der Waals surface area (Å²) in [6.07, 6.45) is -3.38. The number of carbonyl (C=O) groups excluding carboxylic acids is 1. The molecule has 0 saturated carbocycles. The van der Waals surface area contributed by atoms with Crippen LogP contribution in [-0.2, 0) is 15.7 Å². The molecule has 0 unspecified atom stereocenters. The summed E-state index contributed by atoms with van der Waals surface area (Å²) in [5.41, 5.74) is -0.956. The molecule has 0 aliphatic carbocycles. The molecule has 0 N–H and O–H groups in total. The van der Waals surface area contributed by atoms with E-state index >= 15 is 0 Å². The second kappa shape index (κ2) is 7.87. The van der Waals surface area contributed by atoms with Crippen molar-refractivity contribution in [2.75, 3.05) is 63.3 Å². The number of nitrogens with zero attached hydrogens (tertiary/aromatic N) is 5. The molecule has 1 aromatic heterocycles. The monoisotopic (exact) mass is 387 g/mol. The first-order valence-electron chi connectivity index (χ1n) is 9.01. The van der Waals surface area contributed by atoms with Gasteiger partial charge < -0.3 is 19.4 Å². The zero-order chi connectivity index (χ0) is 19.6. The van der Waals surface area contributed by atoms with Crippen LogP contribution in [0.15, 0.2) is 6.07 Å². The number of amides is 1. The van der Waals surface area contributed by atoms with Gasteiger partial charge in [0.05, 0.1) is 13.2 Å². The summed E-state index contributed by atoms with van der Waals surface area (Å²) in [5, 5.41) is 0. The maximum atomic E-state index is 13.2. The van der Waals surface area contributed by atoms with Gasteiger partial charge in [-0.25, -0.2) is 4.98 Å². The van der Waals surface area contributed by atoms with Crippen LogP contribution in [0.5, 0.6) is 0 Å². The fourth-order valence-corrected chi connectivity index (χ4v) is 3.31. The van der Waals surface area contributed by atoms with Crippen LogP contribution in [0.25, 0.3) is 0 Å². The Kier molecular flexibility index (Phi) is 5.73. The minimum absolute atomic E-state index is 0.0609. The fraction of sp³-hybridized carbons (Fsp3) is 0.706. The van der Waals surface area contributed by atoms with Gasteiger partial charge >= 0.3 is 6.18 Å². The molecule has 7 nitrogen and oxygen atoms in total. The topological polar surface area (TPSA) is 61.8 Å². The minimum Gasteiger partial charge on any atom is -0.378 e. The van der Waals surface area contributed by atoms with Crippen molar-refractivity contribution in [1.29, 1.82) is 0 Å². The third-order valence-corrected chi connectivity index (χ3v) is 4.90. The standard InChI is InChI=1S/C17H24F3N5O2/c1-23(2)14-11-13(17(18,19)20)21-16(22-14)25-5-3-12(4-6-25)15(26)24-7-9-27-10-8-24/h11-12H,3-10H2,1-2H3. The molecular weight excluding hydrogens is 363 g/mol. The second-order valence-electron chi connectivity index (χ2n) is 7.00. The quantitative estimate of drug-likeness (QED) is 0.786. The number of morpholine rings is 1. The van der Waals surface area contributed by atoms with Crippen LogP contribution in [-0.4, -0.2) is 74.3 Å². The van der Waals surface area contributed by atoms with E-state index in [2.05, 4.69) is 9.97 Å². The van der Waals surface area contributed by atoms with E-state index in [4.69, 9.17) is 4.74 Å². The number of rotatable bonds is 3.